The number of nitrogens with zero attached hydrogens (tertiary/aromatic N) is 4. The van der Waals surface area contributed by atoms with Crippen molar-refractivity contribution in [1.29, 1.82) is 0 Å². The highest BCUT2D eigenvalue weighted by molar-refractivity contribution is 6.09. The first-order valence-corrected chi connectivity index (χ1v) is 9.66. The first kappa shape index (κ1) is 20.0. The van der Waals surface area contributed by atoms with Crippen LogP contribution in [0.25, 0.3) is 5.82 Å². The number of aromatic nitrogens is 4. The van der Waals surface area contributed by atoms with Gasteiger partial charge in [0.15, 0.2) is 5.82 Å². The van der Waals surface area contributed by atoms with Crippen LogP contribution in [0.15, 0.2) is 79.5 Å². The normalized spacial score (nSPS) is 10.5. The van der Waals surface area contributed by atoms with Gasteiger partial charge in [0.1, 0.15) is 0 Å². The Labute approximate surface area is 179 Å². The Morgan fingerprint density at radius 1 is 0.935 bits per heavy atom. The van der Waals surface area contributed by atoms with Crippen molar-refractivity contribution >= 4 is 17.5 Å². The van der Waals surface area contributed by atoms with Gasteiger partial charge in [0.05, 0.1) is 11.3 Å². The van der Waals surface area contributed by atoms with Crippen molar-refractivity contribution in [3.63, 3.8) is 0 Å². The number of nitrogens with one attached hydrogen (secondary N) is 2. The average molecular weight is 412 g/mol. The van der Waals surface area contributed by atoms with Crippen LogP contribution in [-0.2, 0) is 6.54 Å². The second-order valence-electron chi connectivity index (χ2n) is 6.81. The van der Waals surface area contributed by atoms with E-state index in [4.69, 9.17) is 0 Å². The molecular weight excluding hydrogens is 392 g/mol. The number of aryl methyl sites for hydroxylation is 1. The minimum atomic E-state index is -0.307. The Bertz CT molecular complexity index is 1210. The number of amides is 2. The van der Waals surface area contributed by atoms with Crippen LogP contribution in [0.1, 0.15) is 31.8 Å². The predicted molar refractivity (Wildman–Crippen MR) is 116 cm³/mol. The lowest BCUT2D eigenvalue weighted by Crippen LogP contribution is -2.26. The molecule has 31 heavy (non-hydrogen) atoms. The van der Waals surface area contributed by atoms with Gasteiger partial charge in [-0.2, -0.15) is 5.10 Å². The zero-order valence-electron chi connectivity index (χ0n) is 16.8. The maximum absolute atomic E-state index is 13.0. The molecule has 2 N–H and O–H groups in total. The van der Waals surface area contributed by atoms with Crippen LogP contribution in [0.5, 0.6) is 0 Å². The number of benzene rings is 1. The molecule has 8 heteroatoms. The highest BCUT2D eigenvalue weighted by Crippen LogP contribution is 2.22. The summed E-state index contributed by atoms with van der Waals surface area (Å²) in [6, 6.07) is 14.0. The molecule has 1 aromatic carbocycles. The second kappa shape index (κ2) is 9.00. The Balaban J connectivity index is 1.54. The third-order valence-electron chi connectivity index (χ3n) is 4.73. The fourth-order valence-corrected chi connectivity index (χ4v) is 3.15. The van der Waals surface area contributed by atoms with Gasteiger partial charge in [0.2, 0.25) is 0 Å². The molecule has 4 aromatic rings. The molecular formula is C23H20N6O2. The minimum absolute atomic E-state index is 0.257. The second-order valence-corrected chi connectivity index (χ2v) is 6.81. The van der Waals surface area contributed by atoms with Gasteiger partial charge in [-0.3, -0.25) is 14.6 Å². The van der Waals surface area contributed by atoms with E-state index in [0.717, 1.165) is 11.1 Å². The monoisotopic (exact) mass is 412 g/mol. The lowest BCUT2D eigenvalue weighted by atomic mass is 10.1. The highest BCUT2D eigenvalue weighted by atomic mass is 16.2. The number of anilines is 1. The van der Waals surface area contributed by atoms with Crippen molar-refractivity contribution < 1.29 is 9.59 Å². The summed E-state index contributed by atoms with van der Waals surface area (Å²) in [4.78, 5) is 33.9. The van der Waals surface area contributed by atoms with Gasteiger partial charge in [-0.1, -0.05) is 18.2 Å². The van der Waals surface area contributed by atoms with Gasteiger partial charge >= 0.3 is 0 Å². The minimum Gasteiger partial charge on any atom is -0.348 e. The quantitative estimate of drug-likeness (QED) is 0.507. The van der Waals surface area contributed by atoms with E-state index < -0.39 is 0 Å². The number of carbonyl (C=O) groups is 2. The van der Waals surface area contributed by atoms with E-state index in [1.807, 2.05) is 31.2 Å². The maximum atomic E-state index is 13.0. The molecule has 0 radical (unpaired) electrons. The average Bonchev–Trinajstić information content (AvgIpc) is 3.34. The molecule has 0 fully saturated rings. The summed E-state index contributed by atoms with van der Waals surface area (Å²) in [6.07, 6.45) is 8.23. The molecule has 0 aliphatic rings. The first-order valence-electron chi connectivity index (χ1n) is 9.66. The molecule has 0 spiro atoms. The van der Waals surface area contributed by atoms with Crippen LogP contribution in [-0.4, -0.2) is 31.6 Å². The molecule has 8 nitrogen and oxygen atoms in total. The Morgan fingerprint density at radius 3 is 2.55 bits per heavy atom. The zero-order valence-corrected chi connectivity index (χ0v) is 16.8. The standard InChI is InChI=1S/C23H20N6O2/c1-16-5-2-7-19(20(16)28-22(30)17-8-12-24-13-9-17)23(31)26-15-18-6-3-10-25-21(18)29-14-4-11-27-29/h2-14H,15H2,1H3,(H,26,31)(H,28,30). The molecule has 0 bridgehead atoms. The summed E-state index contributed by atoms with van der Waals surface area (Å²) in [5.41, 5.74) is 2.92. The molecule has 3 aromatic heterocycles. The van der Waals surface area contributed by atoms with Crippen molar-refractivity contribution in [2.45, 2.75) is 13.5 Å². The number of rotatable bonds is 6. The largest absolute Gasteiger partial charge is 0.348 e. The molecule has 0 atom stereocenters. The van der Waals surface area contributed by atoms with E-state index >= 15 is 0 Å². The fraction of sp³-hybridized carbons (Fsp3) is 0.0870. The summed E-state index contributed by atoms with van der Waals surface area (Å²) in [5, 5.41) is 9.98. The maximum Gasteiger partial charge on any atom is 0.255 e. The molecule has 0 saturated carbocycles. The third kappa shape index (κ3) is 4.48. The first-order chi connectivity index (χ1) is 15.1. The summed E-state index contributed by atoms with van der Waals surface area (Å²) in [7, 11) is 0. The number of carbonyl (C=O) groups excluding carboxylic acids is 2. The van der Waals surface area contributed by atoms with Crippen LogP contribution >= 0.6 is 0 Å². The van der Waals surface area contributed by atoms with Gasteiger partial charge in [-0.15, -0.1) is 0 Å². The molecule has 3 heterocycles. The van der Waals surface area contributed by atoms with Crippen molar-refractivity contribution in [2.75, 3.05) is 5.32 Å². The van der Waals surface area contributed by atoms with E-state index in [0.29, 0.717) is 22.6 Å². The number of pyridine rings is 2. The van der Waals surface area contributed by atoms with Gasteiger partial charge < -0.3 is 10.6 Å². The van der Waals surface area contributed by atoms with Crippen molar-refractivity contribution in [3.05, 3.63) is 102 Å². The summed E-state index contributed by atoms with van der Waals surface area (Å²) in [6.45, 7) is 2.10. The van der Waals surface area contributed by atoms with Crippen LogP contribution in [0.4, 0.5) is 5.69 Å². The SMILES string of the molecule is Cc1cccc(C(=O)NCc2cccnc2-n2cccn2)c1NC(=O)c1ccncc1. The number of hydrogen-bond donors (Lipinski definition) is 2. The lowest BCUT2D eigenvalue weighted by molar-refractivity contribution is 0.0951. The summed E-state index contributed by atoms with van der Waals surface area (Å²) in [5.74, 6) is 0.0335. The van der Waals surface area contributed by atoms with E-state index in [1.165, 1.54) is 0 Å². The van der Waals surface area contributed by atoms with Crippen molar-refractivity contribution in [2.24, 2.45) is 0 Å². The van der Waals surface area contributed by atoms with Gasteiger partial charge in [0.25, 0.3) is 11.8 Å². The number of hydrogen-bond acceptors (Lipinski definition) is 5. The van der Waals surface area contributed by atoms with E-state index in [9.17, 15) is 9.59 Å². The summed E-state index contributed by atoms with van der Waals surface area (Å²) < 4.78 is 1.65. The Hall–Kier alpha value is -4.33. The van der Waals surface area contributed by atoms with Gasteiger partial charge in [-0.25, -0.2) is 9.67 Å². The Morgan fingerprint density at radius 2 is 1.77 bits per heavy atom. The highest BCUT2D eigenvalue weighted by Gasteiger charge is 2.17. The smallest absolute Gasteiger partial charge is 0.255 e. The lowest BCUT2D eigenvalue weighted by Gasteiger charge is -2.15. The summed E-state index contributed by atoms with van der Waals surface area (Å²) >= 11 is 0. The molecule has 0 aliphatic heterocycles. The van der Waals surface area contributed by atoms with E-state index in [1.54, 1.807) is 59.9 Å². The number of para-hydroxylation sites is 1. The van der Waals surface area contributed by atoms with Crippen LogP contribution in [0.3, 0.4) is 0 Å². The van der Waals surface area contributed by atoms with E-state index in [2.05, 4.69) is 25.7 Å². The molecule has 0 unspecified atom stereocenters. The van der Waals surface area contributed by atoms with Crippen LogP contribution in [0, 0.1) is 6.92 Å². The van der Waals surface area contributed by atoms with Crippen LogP contribution in [0.2, 0.25) is 0 Å². The van der Waals surface area contributed by atoms with Gasteiger partial charge in [0, 0.05) is 48.7 Å². The molecule has 0 aliphatic carbocycles. The van der Waals surface area contributed by atoms with Crippen molar-refractivity contribution in [3.8, 4) is 5.82 Å². The topological polar surface area (TPSA) is 102 Å². The van der Waals surface area contributed by atoms with E-state index in [-0.39, 0.29) is 18.4 Å². The fourth-order valence-electron chi connectivity index (χ4n) is 3.15. The Kier molecular flexibility index (Phi) is 5.79. The van der Waals surface area contributed by atoms with Gasteiger partial charge in [-0.05, 0) is 42.8 Å². The molecule has 4 rings (SSSR count). The molecule has 0 saturated heterocycles. The molecule has 154 valence electrons. The van der Waals surface area contributed by atoms with Crippen molar-refractivity contribution in [1.82, 2.24) is 25.1 Å². The molecule has 2 amide bonds. The predicted octanol–water partition coefficient (Wildman–Crippen LogP) is 3.15. The zero-order chi connectivity index (χ0) is 21.6. The van der Waals surface area contributed by atoms with Crippen LogP contribution < -0.4 is 10.6 Å². The third-order valence-corrected chi connectivity index (χ3v) is 4.73.